The van der Waals surface area contributed by atoms with Crippen molar-refractivity contribution in [3.8, 4) is 17.2 Å². The Morgan fingerprint density at radius 3 is 2.56 bits per heavy atom. The second-order valence-electron chi connectivity index (χ2n) is 7.56. The summed E-state index contributed by atoms with van der Waals surface area (Å²) in [6, 6.07) is 14.9. The maximum Gasteiger partial charge on any atom is 0.294 e. The maximum absolute atomic E-state index is 12.9. The number of H-pyrrole nitrogens is 1. The lowest BCUT2D eigenvalue weighted by molar-refractivity contribution is 0.0271. The van der Waals surface area contributed by atoms with Crippen LogP contribution in [-0.4, -0.2) is 35.2 Å². The molecular formula is C25H29N3O6. The van der Waals surface area contributed by atoms with Crippen molar-refractivity contribution in [3.63, 3.8) is 0 Å². The molecule has 9 nitrogen and oxygen atoms in total. The number of rotatable bonds is 11. The van der Waals surface area contributed by atoms with Crippen LogP contribution in [0.3, 0.4) is 0 Å². The highest BCUT2D eigenvalue weighted by atomic mass is 16.5. The first-order valence-electron chi connectivity index (χ1n) is 10.9. The molecule has 3 aromatic rings. The number of methoxy groups -OCH3 is 2. The Bertz CT molecular complexity index is 1160. The average molecular weight is 468 g/mol. The summed E-state index contributed by atoms with van der Waals surface area (Å²) in [5, 5.41) is 12.9. The third-order valence-corrected chi connectivity index (χ3v) is 5.20. The van der Waals surface area contributed by atoms with Gasteiger partial charge < -0.3 is 29.6 Å². The van der Waals surface area contributed by atoms with Crippen LogP contribution in [0.5, 0.6) is 17.2 Å². The number of aromatic amines is 1. The zero-order valence-electron chi connectivity index (χ0n) is 19.5. The van der Waals surface area contributed by atoms with E-state index in [-0.39, 0.29) is 18.1 Å². The van der Waals surface area contributed by atoms with Gasteiger partial charge in [0.25, 0.3) is 11.5 Å². The van der Waals surface area contributed by atoms with Crippen LogP contribution >= 0.6 is 0 Å². The smallest absolute Gasteiger partial charge is 0.294 e. The Hall–Kier alpha value is -3.85. The van der Waals surface area contributed by atoms with Gasteiger partial charge in [0, 0.05) is 12.1 Å². The number of carbonyl (C=O) groups is 1. The highest BCUT2D eigenvalue weighted by molar-refractivity contribution is 5.94. The van der Waals surface area contributed by atoms with Gasteiger partial charge in [0.2, 0.25) is 5.75 Å². The number of amides is 1. The molecule has 3 rings (SSSR count). The van der Waals surface area contributed by atoms with Gasteiger partial charge in [0.15, 0.2) is 17.2 Å². The summed E-state index contributed by atoms with van der Waals surface area (Å²) in [5.74, 6) is -0.270. The number of carbonyl (C=O) groups excluding carboxylic acids is 1. The predicted octanol–water partition coefficient (Wildman–Crippen LogP) is 3.48. The molecule has 0 bridgehead atoms. The molecule has 0 aliphatic rings. The van der Waals surface area contributed by atoms with E-state index in [1.807, 2.05) is 37.3 Å². The summed E-state index contributed by atoms with van der Waals surface area (Å²) in [5.41, 5.74) is 0.452. The molecular weight excluding hydrogens is 438 g/mol. The van der Waals surface area contributed by atoms with E-state index in [9.17, 15) is 14.7 Å². The molecule has 9 heteroatoms. The Labute approximate surface area is 197 Å². The fourth-order valence-electron chi connectivity index (χ4n) is 3.48. The minimum absolute atomic E-state index is 0.0748. The Kier molecular flexibility index (Phi) is 8.64. The summed E-state index contributed by atoms with van der Waals surface area (Å²) >= 11 is 0. The van der Waals surface area contributed by atoms with Crippen LogP contribution in [0.4, 0.5) is 0 Å². The Morgan fingerprint density at radius 1 is 1.12 bits per heavy atom. The molecule has 1 aromatic heterocycles. The fraction of sp³-hybridized carbons (Fsp3) is 0.320. The summed E-state index contributed by atoms with van der Waals surface area (Å²) in [6.07, 6.45) is 0.785. The number of nitrogens with one attached hydrogen (secondary N) is 2. The van der Waals surface area contributed by atoms with Gasteiger partial charge in [-0.2, -0.15) is 0 Å². The fourth-order valence-corrected chi connectivity index (χ4v) is 3.48. The SMILES string of the molecule is CCCC(OCc1ccccc1)c1nc(C(=O)NCc2cccc(OC)c2OC)c(O)c(=O)[nH]1. The highest BCUT2D eigenvalue weighted by Gasteiger charge is 2.23. The zero-order valence-corrected chi connectivity index (χ0v) is 19.5. The Morgan fingerprint density at radius 2 is 1.88 bits per heavy atom. The summed E-state index contributed by atoms with van der Waals surface area (Å²) < 4.78 is 16.6. The van der Waals surface area contributed by atoms with E-state index < -0.39 is 23.3 Å². The minimum Gasteiger partial charge on any atom is -0.501 e. The summed E-state index contributed by atoms with van der Waals surface area (Å²) in [6.45, 7) is 2.37. The van der Waals surface area contributed by atoms with Crippen LogP contribution in [0.25, 0.3) is 0 Å². The molecule has 1 heterocycles. The molecule has 2 aromatic carbocycles. The van der Waals surface area contributed by atoms with Crippen molar-refractivity contribution in [3.05, 3.63) is 81.5 Å². The first-order chi connectivity index (χ1) is 16.5. The minimum atomic E-state index is -0.807. The number of benzene rings is 2. The molecule has 0 spiro atoms. The molecule has 0 saturated carbocycles. The van der Waals surface area contributed by atoms with E-state index in [0.29, 0.717) is 30.1 Å². The van der Waals surface area contributed by atoms with Crippen molar-refractivity contribution in [1.29, 1.82) is 0 Å². The van der Waals surface area contributed by atoms with E-state index in [4.69, 9.17) is 14.2 Å². The number of hydrogen-bond acceptors (Lipinski definition) is 7. The lowest BCUT2D eigenvalue weighted by atomic mass is 10.1. The molecule has 34 heavy (non-hydrogen) atoms. The van der Waals surface area contributed by atoms with Crippen molar-refractivity contribution in [2.45, 2.75) is 39.0 Å². The number of para-hydroxylation sites is 1. The second-order valence-corrected chi connectivity index (χ2v) is 7.56. The monoisotopic (exact) mass is 467 g/mol. The Balaban J connectivity index is 1.81. The van der Waals surface area contributed by atoms with Gasteiger partial charge in [0.05, 0.1) is 20.8 Å². The molecule has 180 valence electrons. The number of aromatic hydroxyl groups is 1. The topological polar surface area (TPSA) is 123 Å². The van der Waals surface area contributed by atoms with Crippen molar-refractivity contribution in [2.24, 2.45) is 0 Å². The lowest BCUT2D eigenvalue weighted by Gasteiger charge is -2.18. The van der Waals surface area contributed by atoms with Gasteiger partial charge in [-0.3, -0.25) is 9.59 Å². The van der Waals surface area contributed by atoms with E-state index in [1.165, 1.54) is 14.2 Å². The molecule has 1 unspecified atom stereocenters. The van der Waals surface area contributed by atoms with Crippen molar-refractivity contribution >= 4 is 5.91 Å². The van der Waals surface area contributed by atoms with Crippen LogP contribution < -0.4 is 20.3 Å². The van der Waals surface area contributed by atoms with E-state index in [1.54, 1.807) is 18.2 Å². The predicted molar refractivity (Wildman–Crippen MR) is 126 cm³/mol. The first kappa shape index (κ1) is 24.8. The second kappa shape index (κ2) is 11.9. The standard InChI is InChI=1S/C25H29N3O6/c1-4-9-19(34-15-16-10-6-5-7-11-16)23-27-20(21(29)25(31)28-23)24(30)26-14-17-12-8-13-18(32-2)22(17)33-3/h5-8,10-13,19,29H,4,9,14-15H2,1-3H3,(H,26,30)(H,27,28,31). The van der Waals surface area contributed by atoms with Gasteiger partial charge in [-0.15, -0.1) is 0 Å². The molecule has 0 fully saturated rings. The van der Waals surface area contributed by atoms with Crippen LogP contribution in [0, 0.1) is 0 Å². The van der Waals surface area contributed by atoms with E-state index in [0.717, 1.165) is 12.0 Å². The number of aromatic nitrogens is 2. The van der Waals surface area contributed by atoms with Gasteiger partial charge in [-0.05, 0) is 18.1 Å². The zero-order chi connectivity index (χ0) is 24.5. The van der Waals surface area contributed by atoms with Crippen molar-refractivity contribution in [1.82, 2.24) is 15.3 Å². The molecule has 3 N–H and O–H groups in total. The van der Waals surface area contributed by atoms with Crippen LogP contribution in [0.1, 0.15) is 53.3 Å². The van der Waals surface area contributed by atoms with Crippen LogP contribution in [0.2, 0.25) is 0 Å². The summed E-state index contributed by atoms with van der Waals surface area (Å²) in [7, 11) is 3.02. The third kappa shape index (κ3) is 5.93. The maximum atomic E-state index is 12.9. The largest absolute Gasteiger partial charge is 0.501 e. The normalized spacial score (nSPS) is 11.6. The summed E-state index contributed by atoms with van der Waals surface area (Å²) in [4.78, 5) is 32.0. The van der Waals surface area contributed by atoms with E-state index in [2.05, 4.69) is 15.3 Å². The molecule has 1 atom stereocenters. The van der Waals surface area contributed by atoms with Crippen molar-refractivity contribution < 1.29 is 24.1 Å². The molecule has 0 aliphatic carbocycles. The highest BCUT2D eigenvalue weighted by Crippen LogP contribution is 2.30. The lowest BCUT2D eigenvalue weighted by Crippen LogP contribution is -2.28. The van der Waals surface area contributed by atoms with Crippen molar-refractivity contribution in [2.75, 3.05) is 14.2 Å². The van der Waals surface area contributed by atoms with Gasteiger partial charge in [0.1, 0.15) is 11.9 Å². The number of nitrogens with zero attached hydrogens (tertiary/aromatic N) is 1. The molecule has 1 amide bonds. The average Bonchev–Trinajstić information content (AvgIpc) is 2.86. The van der Waals surface area contributed by atoms with Crippen LogP contribution in [0.15, 0.2) is 53.3 Å². The quantitative estimate of drug-likeness (QED) is 0.394. The van der Waals surface area contributed by atoms with E-state index >= 15 is 0 Å². The van der Waals surface area contributed by atoms with Gasteiger partial charge in [-0.25, -0.2) is 4.98 Å². The van der Waals surface area contributed by atoms with Gasteiger partial charge >= 0.3 is 0 Å². The number of hydrogen-bond donors (Lipinski definition) is 3. The molecule has 0 radical (unpaired) electrons. The molecule has 0 aliphatic heterocycles. The number of ether oxygens (including phenoxy) is 3. The first-order valence-corrected chi connectivity index (χ1v) is 10.9. The third-order valence-electron chi connectivity index (χ3n) is 5.20. The van der Waals surface area contributed by atoms with Crippen LogP contribution in [-0.2, 0) is 17.9 Å². The van der Waals surface area contributed by atoms with Gasteiger partial charge in [-0.1, -0.05) is 55.8 Å². The molecule has 0 saturated heterocycles.